The van der Waals surface area contributed by atoms with Crippen molar-refractivity contribution in [2.24, 2.45) is 0 Å². The monoisotopic (exact) mass is 350 g/mol. The molecule has 1 N–H and O–H groups in total. The minimum Gasteiger partial charge on any atom is -0.326 e. The molecule has 5 rings (SSSR count). The van der Waals surface area contributed by atoms with Crippen LogP contribution in [0.5, 0.6) is 0 Å². The summed E-state index contributed by atoms with van der Waals surface area (Å²) in [5.74, 6) is 1.72. The number of nitrogens with zero attached hydrogens (tertiary/aromatic N) is 4. The summed E-state index contributed by atoms with van der Waals surface area (Å²) in [6.45, 7) is 7.26. The van der Waals surface area contributed by atoms with Gasteiger partial charge in [-0.2, -0.15) is 4.52 Å². The first-order chi connectivity index (χ1) is 12.2. The molecule has 0 bridgehead atoms. The van der Waals surface area contributed by atoms with Crippen LogP contribution in [0, 0.1) is 13.8 Å². The lowest BCUT2D eigenvalue weighted by Gasteiger charge is -2.24. The summed E-state index contributed by atoms with van der Waals surface area (Å²) in [7, 11) is 0. The maximum Gasteiger partial charge on any atom is 0.168 e. The van der Waals surface area contributed by atoms with E-state index in [2.05, 4.69) is 40.4 Å². The maximum atomic E-state index is 4.80. The van der Waals surface area contributed by atoms with E-state index >= 15 is 0 Å². The Hall–Kier alpha value is -2.31. The lowest BCUT2D eigenvalue weighted by molar-refractivity contribution is -0.929. The van der Waals surface area contributed by atoms with Crippen molar-refractivity contribution in [3.05, 3.63) is 58.0 Å². The molecule has 1 aromatic carbocycles. The van der Waals surface area contributed by atoms with Gasteiger partial charge in [-0.25, -0.2) is 9.97 Å². The molecule has 0 amide bonds. The van der Waals surface area contributed by atoms with Crippen molar-refractivity contribution in [1.82, 2.24) is 19.6 Å². The average Bonchev–Trinajstić information content (AvgIpc) is 3.15. The van der Waals surface area contributed by atoms with Gasteiger partial charge in [0, 0.05) is 12.0 Å². The van der Waals surface area contributed by atoms with Crippen LogP contribution in [0.4, 0.5) is 0 Å². The molecule has 0 aliphatic carbocycles. The van der Waals surface area contributed by atoms with Crippen molar-refractivity contribution in [2.45, 2.75) is 33.4 Å². The molecule has 6 heteroatoms. The SMILES string of the molecule is Cc1nc2c3c4c(sc3nc(C)n2n1)C[NH+](Cc1ccccc1)CC4. The first kappa shape index (κ1) is 15.0. The number of fused-ring (bicyclic) bond motifs is 5. The predicted molar refractivity (Wildman–Crippen MR) is 99.0 cm³/mol. The summed E-state index contributed by atoms with van der Waals surface area (Å²) >= 11 is 1.84. The molecule has 1 atom stereocenters. The zero-order valence-corrected chi connectivity index (χ0v) is 15.2. The summed E-state index contributed by atoms with van der Waals surface area (Å²) in [6.07, 6.45) is 1.09. The molecule has 1 aliphatic rings. The summed E-state index contributed by atoms with van der Waals surface area (Å²) in [5.41, 5.74) is 3.83. The van der Waals surface area contributed by atoms with E-state index in [9.17, 15) is 0 Å². The topological polar surface area (TPSA) is 47.5 Å². The van der Waals surface area contributed by atoms with Crippen LogP contribution in [0.25, 0.3) is 15.9 Å². The van der Waals surface area contributed by atoms with Crippen LogP contribution in [-0.4, -0.2) is 26.1 Å². The molecule has 1 unspecified atom stereocenters. The van der Waals surface area contributed by atoms with Gasteiger partial charge in [-0.05, 0) is 19.4 Å². The maximum absolute atomic E-state index is 4.80. The van der Waals surface area contributed by atoms with Gasteiger partial charge in [0.2, 0.25) is 0 Å². The van der Waals surface area contributed by atoms with Crippen LogP contribution in [0.1, 0.15) is 27.7 Å². The largest absolute Gasteiger partial charge is 0.326 e. The molecule has 4 aromatic rings. The smallest absolute Gasteiger partial charge is 0.168 e. The van der Waals surface area contributed by atoms with Gasteiger partial charge >= 0.3 is 0 Å². The molecule has 126 valence electrons. The molecule has 3 aromatic heterocycles. The number of thiophene rings is 1. The Morgan fingerprint density at radius 1 is 1.16 bits per heavy atom. The highest BCUT2D eigenvalue weighted by Gasteiger charge is 2.27. The highest BCUT2D eigenvalue weighted by Crippen LogP contribution is 2.34. The van der Waals surface area contributed by atoms with E-state index in [0.717, 1.165) is 48.2 Å². The van der Waals surface area contributed by atoms with Crippen molar-refractivity contribution < 1.29 is 4.90 Å². The van der Waals surface area contributed by atoms with Crippen LogP contribution in [-0.2, 0) is 19.5 Å². The molecule has 0 fully saturated rings. The third-order valence-electron chi connectivity index (χ3n) is 5.01. The van der Waals surface area contributed by atoms with E-state index in [1.807, 2.05) is 29.7 Å². The first-order valence-corrected chi connectivity index (χ1v) is 9.52. The Morgan fingerprint density at radius 3 is 2.84 bits per heavy atom. The number of hydrogen-bond donors (Lipinski definition) is 1. The van der Waals surface area contributed by atoms with Gasteiger partial charge in [0.25, 0.3) is 0 Å². The zero-order valence-electron chi connectivity index (χ0n) is 14.4. The second-order valence-corrected chi connectivity index (χ2v) is 7.91. The molecule has 0 spiro atoms. The van der Waals surface area contributed by atoms with E-state index in [1.165, 1.54) is 21.4 Å². The third kappa shape index (κ3) is 2.44. The van der Waals surface area contributed by atoms with Gasteiger partial charge in [0.05, 0.1) is 16.8 Å². The molecule has 0 radical (unpaired) electrons. The van der Waals surface area contributed by atoms with Crippen molar-refractivity contribution in [1.29, 1.82) is 0 Å². The number of hydrogen-bond acceptors (Lipinski definition) is 4. The fourth-order valence-electron chi connectivity index (χ4n) is 3.86. The fraction of sp³-hybridized carbons (Fsp3) is 0.316. The summed E-state index contributed by atoms with van der Waals surface area (Å²) in [4.78, 5) is 13.7. The highest BCUT2D eigenvalue weighted by atomic mass is 32.1. The molecule has 5 nitrogen and oxygen atoms in total. The van der Waals surface area contributed by atoms with Crippen LogP contribution in [0.15, 0.2) is 30.3 Å². The van der Waals surface area contributed by atoms with Crippen LogP contribution >= 0.6 is 11.3 Å². The Labute approximate surface area is 149 Å². The third-order valence-corrected chi connectivity index (χ3v) is 6.14. The molecule has 1 aliphatic heterocycles. The minimum atomic E-state index is 0.810. The molecular weight excluding hydrogens is 330 g/mol. The van der Waals surface area contributed by atoms with E-state index in [-0.39, 0.29) is 0 Å². The predicted octanol–water partition coefficient (Wildman–Crippen LogP) is 2.10. The number of quaternary nitrogens is 1. The lowest BCUT2D eigenvalue weighted by atomic mass is 10.0. The van der Waals surface area contributed by atoms with Crippen molar-refractivity contribution in [3.8, 4) is 0 Å². The minimum absolute atomic E-state index is 0.810. The van der Waals surface area contributed by atoms with Gasteiger partial charge in [-0.15, -0.1) is 16.4 Å². The van der Waals surface area contributed by atoms with Crippen LogP contribution in [0.3, 0.4) is 0 Å². The number of benzene rings is 1. The van der Waals surface area contributed by atoms with Gasteiger partial charge in [-0.3, -0.25) is 0 Å². The van der Waals surface area contributed by atoms with Crippen molar-refractivity contribution in [3.63, 3.8) is 0 Å². The number of aromatic nitrogens is 4. The molecule has 0 saturated carbocycles. The Bertz CT molecular complexity index is 1080. The number of nitrogens with one attached hydrogen (secondary N) is 1. The second-order valence-electron chi connectivity index (χ2n) is 6.83. The van der Waals surface area contributed by atoms with Gasteiger partial charge in [-0.1, -0.05) is 30.3 Å². The molecule has 25 heavy (non-hydrogen) atoms. The summed E-state index contributed by atoms with van der Waals surface area (Å²) < 4.78 is 1.90. The average molecular weight is 350 g/mol. The quantitative estimate of drug-likeness (QED) is 0.602. The fourth-order valence-corrected chi connectivity index (χ4v) is 5.20. The first-order valence-electron chi connectivity index (χ1n) is 8.71. The lowest BCUT2D eigenvalue weighted by Crippen LogP contribution is -3.10. The van der Waals surface area contributed by atoms with Gasteiger partial charge in [0.1, 0.15) is 29.6 Å². The summed E-state index contributed by atoms with van der Waals surface area (Å²) in [5, 5.41) is 5.73. The van der Waals surface area contributed by atoms with Gasteiger partial charge < -0.3 is 4.90 Å². The standard InChI is InChI=1S/C19H19N5S/c1-12-20-18-17-15-8-9-23(10-14-6-4-3-5-7-14)11-16(15)25-19(17)21-13(2)24(18)22-12/h3-7H,8-11H2,1-2H3/p+1. The number of rotatable bonds is 2. The highest BCUT2D eigenvalue weighted by molar-refractivity contribution is 7.19. The molecule has 0 saturated heterocycles. The summed E-state index contributed by atoms with van der Waals surface area (Å²) in [6, 6.07) is 10.8. The Morgan fingerprint density at radius 2 is 2.00 bits per heavy atom. The van der Waals surface area contributed by atoms with Gasteiger partial charge in [0.15, 0.2) is 5.65 Å². The molecule has 4 heterocycles. The van der Waals surface area contributed by atoms with Crippen molar-refractivity contribution in [2.75, 3.05) is 6.54 Å². The van der Waals surface area contributed by atoms with Crippen LogP contribution < -0.4 is 4.90 Å². The normalized spacial score (nSPS) is 17.3. The molecular formula is C19H20N5S+. The van der Waals surface area contributed by atoms with E-state index in [1.54, 1.807) is 4.90 Å². The van der Waals surface area contributed by atoms with E-state index in [0.29, 0.717) is 0 Å². The van der Waals surface area contributed by atoms with Crippen LogP contribution in [0.2, 0.25) is 0 Å². The number of aryl methyl sites for hydroxylation is 2. The second kappa shape index (κ2) is 5.61. The van der Waals surface area contributed by atoms with E-state index < -0.39 is 0 Å². The van der Waals surface area contributed by atoms with Crippen molar-refractivity contribution >= 4 is 27.2 Å². The van der Waals surface area contributed by atoms with E-state index in [4.69, 9.17) is 4.98 Å². The zero-order chi connectivity index (χ0) is 17.0. The Balaban J connectivity index is 1.56. The Kier molecular flexibility index (Phi) is 3.36.